The molecule has 1 atom stereocenters. The molecule has 0 heterocycles. The third kappa shape index (κ3) is 1.71. The molecule has 0 spiro atoms. The normalized spacial score (nSPS) is 13.1. The fourth-order valence-electron chi connectivity index (χ4n) is 0.843. The molecule has 0 aliphatic rings. The van der Waals surface area contributed by atoms with Gasteiger partial charge < -0.3 is 0 Å². The maximum atomic E-state index is 12.8. The van der Waals surface area contributed by atoms with Gasteiger partial charge in [0.15, 0.2) is 11.6 Å². The van der Waals surface area contributed by atoms with E-state index < -0.39 is 11.6 Å². The van der Waals surface area contributed by atoms with Crippen LogP contribution in [0.25, 0.3) is 0 Å². The second kappa shape index (κ2) is 3.22. The summed E-state index contributed by atoms with van der Waals surface area (Å²) in [5.74, 6) is -1.61. The van der Waals surface area contributed by atoms with Crippen LogP contribution in [0.2, 0.25) is 0 Å². The molecule has 0 N–H and O–H groups in total. The standard InChI is InChI=1S/C8H8F2S/c1-5(11)6-3-2-4-7(9)8(6)10/h2-5,11H,1H3. The first-order valence-corrected chi connectivity index (χ1v) is 3.76. The molecule has 0 saturated heterocycles. The van der Waals surface area contributed by atoms with Gasteiger partial charge in [0.2, 0.25) is 0 Å². The van der Waals surface area contributed by atoms with Crippen LogP contribution in [0.4, 0.5) is 8.78 Å². The van der Waals surface area contributed by atoms with Gasteiger partial charge in [-0.25, -0.2) is 8.78 Å². The molecule has 0 fully saturated rings. The van der Waals surface area contributed by atoms with Crippen LogP contribution in [-0.4, -0.2) is 0 Å². The Morgan fingerprint density at radius 3 is 2.45 bits per heavy atom. The summed E-state index contributed by atoms with van der Waals surface area (Å²) >= 11 is 4.00. The fraction of sp³-hybridized carbons (Fsp3) is 0.250. The Morgan fingerprint density at radius 1 is 1.36 bits per heavy atom. The van der Waals surface area contributed by atoms with E-state index in [1.165, 1.54) is 12.1 Å². The number of halogens is 2. The predicted molar refractivity (Wildman–Crippen MR) is 43.8 cm³/mol. The van der Waals surface area contributed by atoms with Crippen molar-refractivity contribution in [3.05, 3.63) is 35.4 Å². The Bertz CT molecular complexity index is 258. The smallest absolute Gasteiger partial charge is 0.163 e. The fourth-order valence-corrected chi connectivity index (χ4v) is 1.04. The molecule has 0 aliphatic carbocycles. The van der Waals surface area contributed by atoms with Crippen molar-refractivity contribution < 1.29 is 8.78 Å². The Morgan fingerprint density at radius 2 is 2.00 bits per heavy atom. The van der Waals surface area contributed by atoms with Gasteiger partial charge in [0.05, 0.1) is 0 Å². The lowest BCUT2D eigenvalue weighted by Gasteiger charge is -2.05. The quantitative estimate of drug-likeness (QED) is 0.622. The highest BCUT2D eigenvalue weighted by atomic mass is 32.1. The molecule has 0 amide bonds. The van der Waals surface area contributed by atoms with Crippen LogP contribution >= 0.6 is 12.6 Å². The second-order valence-electron chi connectivity index (χ2n) is 2.32. The molecule has 1 unspecified atom stereocenters. The van der Waals surface area contributed by atoms with E-state index in [-0.39, 0.29) is 5.25 Å². The molecule has 1 aromatic rings. The number of rotatable bonds is 1. The molecule has 0 saturated carbocycles. The van der Waals surface area contributed by atoms with E-state index in [1.807, 2.05) is 0 Å². The molecule has 1 rings (SSSR count). The topological polar surface area (TPSA) is 0 Å². The Balaban J connectivity index is 3.17. The summed E-state index contributed by atoms with van der Waals surface area (Å²) in [4.78, 5) is 0. The molecule has 3 heteroatoms. The summed E-state index contributed by atoms with van der Waals surface area (Å²) in [6, 6.07) is 4.09. The van der Waals surface area contributed by atoms with Crippen molar-refractivity contribution in [3.63, 3.8) is 0 Å². The first-order valence-electron chi connectivity index (χ1n) is 3.25. The van der Waals surface area contributed by atoms with Crippen molar-refractivity contribution in [1.82, 2.24) is 0 Å². The zero-order chi connectivity index (χ0) is 8.43. The molecule has 0 aliphatic heterocycles. The number of hydrogen-bond donors (Lipinski definition) is 1. The van der Waals surface area contributed by atoms with Crippen LogP contribution in [0.1, 0.15) is 17.7 Å². The van der Waals surface area contributed by atoms with E-state index in [0.717, 1.165) is 6.07 Å². The molecule has 0 radical (unpaired) electrons. The van der Waals surface area contributed by atoms with Crippen LogP contribution in [0, 0.1) is 11.6 Å². The van der Waals surface area contributed by atoms with Gasteiger partial charge >= 0.3 is 0 Å². The van der Waals surface area contributed by atoms with Gasteiger partial charge in [0.1, 0.15) is 0 Å². The van der Waals surface area contributed by atoms with E-state index in [0.29, 0.717) is 5.56 Å². The maximum absolute atomic E-state index is 12.8. The average Bonchev–Trinajstić information content (AvgIpc) is 1.94. The third-order valence-electron chi connectivity index (χ3n) is 1.43. The summed E-state index contributed by atoms with van der Waals surface area (Å²) < 4.78 is 25.4. The summed E-state index contributed by atoms with van der Waals surface area (Å²) in [7, 11) is 0. The Labute approximate surface area is 69.6 Å². The lowest BCUT2D eigenvalue weighted by molar-refractivity contribution is 0.499. The van der Waals surface area contributed by atoms with Crippen LogP contribution in [0.5, 0.6) is 0 Å². The highest BCUT2D eigenvalue weighted by Gasteiger charge is 2.09. The minimum atomic E-state index is -0.816. The van der Waals surface area contributed by atoms with Crippen molar-refractivity contribution >= 4 is 12.6 Å². The van der Waals surface area contributed by atoms with E-state index in [2.05, 4.69) is 12.6 Å². The number of thiol groups is 1. The predicted octanol–water partition coefficient (Wildman–Crippen LogP) is 2.96. The lowest BCUT2D eigenvalue weighted by atomic mass is 10.1. The molecular formula is C8H8F2S. The van der Waals surface area contributed by atoms with Gasteiger partial charge in [-0.1, -0.05) is 12.1 Å². The van der Waals surface area contributed by atoms with Crippen LogP contribution in [0.3, 0.4) is 0 Å². The molecule has 0 bridgehead atoms. The van der Waals surface area contributed by atoms with Gasteiger partial charge in [0, 0.05) is 10.8 Å². The first kappa shape index (κ1) is 8.53. The van der Waals surface area contributed by atoms with E-state index in [4.69, 9.17) is 0 Å². The summed E-state index contributed by atoms with van der Waals surface area (Å²) in [5.41, 5.74) is 0.299. The molecular weight excluding hydrogens is 166 g/mol. The largest absolute Gasteiger partial charge is 0.204 e. The van der Waals surface area contributed by atoms with Gasteiger partial charge in [-0.05, 0) is 13.0 Å². The molecule has 0 aromatic heterocycles. The zero-order valence-corrected chi connectivity index (χ0v) is 6.91. The van der Waals surface area contributed by atoms with Crippen molar-refractivity contribution in [2.45, 2.75) is 12.2 Å². The zero-order valence-electron chi connectivity index (χ0n) is 6.01. The van der Waals surface area contributed by atoms with E-state index >= 15 is 0 Å². The van der Waals surface area contributed by atoms with Crippen molar-refractivity contribution in [3.8, 4) is 0 Å². The minimum absolute atomic E-state index is 0.273. The van der Waals surface area contributed by atoms with Gasteiger partial charge in [-0.15, -0.1) is 0 Å². The van der Waals surface area contributed by atoms with Crippen LogP contribution in [-0.2, 0) is 0 Å². The van der Waals surface area contributed by atoms with Crippen molar-refractivity contribution in [2.75, 3.05) is 0 Å². The van der Waals surface area contributed by atoms with Crippen LogP contribution < -0.4 is 0 Å². The third-order valence-corrected chi connectivity index (χ3v) is 1.71. The van der Waals surface area contributed by atoms with E-state index in [9.17, 15) is 8.78 Å². The highest BCUT2D eigenvalue weighted by Crippen LogP contribution is 2.22. The monoisotopic (exact) mass is 174 g/mol. The Kier molecular flexibility index (Phi) is 2.49. The highest BCUT2D eigenvalue weighted by molar-refractivity contribution is 7.80. The summed E-state index contributed by atoms with van der Waals surface area (Å²) in [5, 5.41) is -0.273. The average molecular weight is 174 g/mol. The minimum Gasteiger partial charge on any atom is -0.204 e. The number of benzene rings is 1. The van der Waals surface area contributed by atoms with Crippen LogP contribution in [0.15, 0.2) is 18.2 Å². The number of hydrogen-bond acceptors (Lipinski definition) is 1. The molecule has 1 aromatic carbocycles. The van der Waals surface area contributed by atoms with Gasteiger partial charge in [0.25, 0.3) is 0 Å². The van der Waals surface area contributed by atoms with Gasteiger partial charge in [-0.2, -0.15) is 12.6 Å². The molecule has 0 nitrogen and oxygen atoms in total. The van der Waals surface area contributed by atoms with Crippen molar-refractivity contribution in [1.29, 1.82) is 0 Å². The van der Waals surface area contributed by atoms with Crippen molar-refractivity contribution in [2.24, 2.45) is 0 Å². The summed E-state index contributed by atoms with van der Waals surface area (Å²) in [6.07, 6.45) is 0. The SMILES string of the molecule is CC(S)c1cccc(F)c1F. The molecule has 60 valence electrons. The maximum Gasteiger partial charge on any atom is 0.163 e. The first-order chi connectivity index (χ1) is 5.13. The van der Waals surface area contributed by atoms with E-state index in [1.54, 1.807) is 6.92 Å². The second-order valence-corrected chi connectivity index (χ2v) is 3.09. The van der Waals surface area contributed by atoms with Gasteiger partial charge in [-0.3, -0.25) is 0 Å². The Hall–Kier alpha value is -0.570. The summed E-state index contributed by atoms with van der Waals surface area (Å²) in [6.45, 7) is 1.70. The molecule has 11 heavy (non-hydrogen) atoms. The lowest BCUT2D eigenvalue weighted by Crippen LogP contribution is -1.93.